The fraction of sp³-hybridized carbons (Fsp3) is 0.462. The maximum absolute atomic E-state index is 14.6. The predicted molar refractivity (Wildman–Crippen MR) is 137 cm³/mol. The van der Waals surface area contributed by atoms with Gasteiger partial charge in [0.05, 0.1) is 36.5 Å². The van der Waals surface area contributed by atoms with E-state index in [-0.39, 0.29) is 30.1 Å². The van der Waals surface area contributed by atoms with Crippen molar-refractivity contribution in [3.63, 3.8) is 0 Å². The highest BCUT2D eigenvalue weighted by Gasteiger charge is 2.29. The van der Waals surface area contributed by atoms with Gasteiger partial charge in [0.15, 0.2) is 5.78 Å². The number of aromatic nitrogens is 2. The van der Waals surface area contributed by atoms with Crippen LogP contribution in [-0.2, 0) is 14.8 Å². The van der Waals surface area contributed by atoms with E-state index in [1.54, 1.807) is 23.7 Å². The van der Waals surface area contributed by atoms with Crippen LogP contribution >= 0.6 is 0 Å². The lowest BCUT2D eigenvalue weighted by molar-refractivity contribution is 0.102. The number of ether oxygens (including phenoxy) is 2. The van der Waals surface area contributed by atoms with E-state index in [1.165, 1.54) is 19.3 Å². The lowest BCUT2D eigenvalue weighted by Crippen LogP contribution is -2.32. The fourth-order valence-corrected chi connectivity index (χ4v) is 6.08. The SMILES string of the molecule is CCN(C)S(=O)(=O)CC(=O)c1cnn2ccc(N3CCC[C@@H]3c3cc(F)cc(OC4CCOC4)c3)cc12. The van der Waals surface area contributed by atoms with Gasteiger partial charge in [0.2, 0.25) is 10.0 Å². The smallest absolute Gasteiger partial charge is 0.221 e. The van der Waals surface area contributed by atoms with Crippen molar-refractivity contribution in [2.24, 2.45) is 0 Å². The number of sulfonamides is 1. The van der Waals surface area contributed by atoms with E-state index in [0.717, 1.165) is 41.4 Å². The number of halogens is 1. The molecule has 2 atom stereocenters. The van der Waals surface area contributed by atoms with Crippen LogP contribution in [0.2, 0.25) is 0 Å². The van der Waals surface area contributed by atoms with Gasteiger partial charge in [0, 0.05) is 44.5 Å². The van der Waals surface area contributed by atoms with Crippen molar-refractivity contribution >= 4 is 27.0 Å². The molecule has 5 rings (SSSR count). The van der Waals surface area contributed by atoms with Crippen LogP contribution in [0, 0.1) is 5.82 Å². The molecule has 1 aromatic carbocycles. The second kappa shape index (κ2) is 10.4. The van der Waals surface area contributed by atoms with Crippen LogP contribution in [-0.4, -0.2) is 73.3 Å². The summed E-state index contributed by atoms with van der Waals surface area (Å²) in [5.74, 6) is -0.980. The molecule has 198 valence electrons. The first-order valence-corrected chi connectivity index (χ1v) is 14.1. The zero-order chi connectivity index (χ0) is 26.2. The third kappa shape index (κ3) is 5.34. The van der Waals surface area contributed by atoms with Crippen LogP contribution in [0.25, 0.3) is 5.52 Å². The van der Waals surface area contributed by atoms with E-state index in [9.17, 15) is 17.6 Å². The van der Waals surface area contributed by atoms with Crippen LogP contribution in [0.15, 0.2) is 42.7 Å². The van der Waals surface area contributed by atoms with Gasteiger partial charge in [-0.2, -0.15) is 5.10 Å². The molecule has 2 aliphatic rings. The number of nitrogens with zero attached hydrogens (tertiary/aromatic N) is 4. The van der Waals surface area contributed by atoms with Crippen molar-refractivity contribution in [2.75, 3.05) is 44.0 Å². The first-order chi connectivity index (χ1) is 17.7. The van der Waals surface area contributed by atoms with Crippen LogP contribution in [0.5, 0.6) is 5.75 Å². The van der Waals surface area contributed by atoms with E-state index < -0.39 is 21.6 Å². The molecule has 3 aromatic rings. The van der Waals surface area contributed by atoms with Gasteiger partial charge in [-0.1, -0.05) is 6.92 Å². The van der Waals surface area contributed by atoms with E-state index in [4.69, 9.17) is 9.47 Å². The molecule has 2 aromatic heterocycles. The molecule has 0 radical (unpaired) electrons. The normalized spacial score (nSPS) is 20.3. The Morgan fingerprint density at radius 3 is 2.86 bits per heavy atom. The van der Waals surface area contributed by atoms with Crippen molar-refractivity contribution in [3.05, 3.63) is 59.7 Å². The van der Waals surface area contributed by atoms with Crippen molar-refractivity contribution in [3.8, 4) is 5.75 Å². The molecule has 0 aliphatic carbocycles. The Kier molecular flexibility index (Phi) is 7.19. The van der Waals surface area contributed by atoms with Gasteiger partial charge in [0.25, 0.3) is 0 Å². The number of rotatable bonds is 9. The highest BCUT2D eigenvalue weighted by molar-refractivity contribution is 7.89. The lowest BCUT2D eigenvalue weighted by atomic mass is 10.0. The highest BCUT2D eigenvalue weighted by atomic mass is 32.2. The van der Waals surface area contributed by atoms with Gasteiger partial charge < -0.3 is 14.4 Å². The van der Waals surface area contributed by atoms with E-state index in [2.05, 4.69) is 10.00 Å². The third-order valence-electron chi connectivity index (χ3n) is 7.09. The summed E-state index contributed by atoms with van der Waals surface area (Å²) in [6.07, 6.45) is 5.63. The average Bonchev–Trinajstić information content (AvgIpc) is 3.63. The summed E-state index contributed by atoms with van der Waals surface area (Å²) < 4.78 is 53.6. The summed E-state index contributed by atoms with van der Waals surface area (Å²) in [5, 5.41) is 4.24. The number of benzene rings is 1. The summed E-state index contributed by atoms with van der Waals surface area (Å²) in [7, 11) is -2.26. The minimum Gasteiger partial charge on any atom is -0.488 e. The molecular formula is C26H31FN4O5S. The van der Waals surface area contributed by atoms with Crippen LogP contribution in [0.1, 0.15) is 48.1 Å². The summed E-state index contributed by atoms with van der Waals surface area (Å²) >= 11 is 0. The summed E-state index contributed by atoms with van der Waals surface area (Å²) in [6.45, 7) is 3.91. The maximum atomic E-state index is 14.6. The fourth-order valence-electron chi connectivity index (χ4n) is 4.98. The molecule has 11 heteroatoms. The topological polar surface area (TPSA) is 93.5 Å². The van der Waals surface area contributed by atoms with Crippen molar-refractivity contribution in [1.82, 2.24) is 13.9 Å². The van der Waals surface area contributed by atoms with Gasteiger partial charge in [0.1, 0.15) is 23.4 Å². The number of Topliss-reactive ketones (excluding diaryl/α,β-unsaturated/α-hetero) is 1. The minimum atomic E-state index is -3.71. The first kappa shape index (κ1) is 25.6. The standard InChI is InChI=1S/C26H31FN4O5S/c1-3-29(2)37(33,34)17-26(32)23-15-28-31-9-6-20(14-25(23)31)30-8-4-5-24(30)18-11-19(27)13-22(12-18)36-21-7-10-35-16-21/h6,9,11-15,21,24H,3-5,7-8,10,16-17H2,1-2H3/t21?,24-/m1/s1. The van der Waals surface area contributed by atoms with Crippen LogP contribution < -0.4 is 9.64 Å². The lowest BCUT2D eigenvalue weighted by Gasteiger charge is -2.28. The van der Waals surface area contributed by atoms with Crippen molar-refractivity contribution in [2.45, 2.75) is 38.3 Å². The van der Waals surface area contributed by atoms with Gasteiger partial charge in [-0.3, -0.25) is 4.79 Å². The second-order valence-electron chi connectivity index (χ2n) is 9.54. The molecule has 37 heavy (non-hydrogen) atoms. The van der Waals surface area contributed by atoms with Crippen molar-refractivity contribution < 1.29 is 27.1 Å². The van der Waals surface area contributed by atoms with Crippen molar-refractivity contribution in [1.29, 1.82) is 0 Å². The van der Waals surface area contributed by atoms with E-state index >= 15 is 0 Å². The van der Waals surface area contributed by atoms with Gasteiger partial charge >= 0.3 is 0 Å². The zero-order valence-electron chi connectivity index (χ0n) is 21.0. The average molecular weight is 531 g/mol. The van der Waals surface area contributed by atoms with Crippen LogP contribution in [0.4, 0.5) is 10.1 Å². The minimum absolute atomic E-state index is 0.0685. The van der Waals surface area contributed by atoms with E-state index in [0.29, 0.717) is 24.5 Å². The number of carbonyl (C=O) groups excluding carboxylic acids is 1. The summed E-state index contributed by atoms with van der Waals surface area (Å²) in [6, 6.07) is 8.53. The summed E-state index contributed by atoms with van der Waals surface area (Å²) in [4.78, 5) is 15.1. The highest BCUT2D eigenvalue weighted by Crippen LogP contribution is 2.38. The molecule has 1 unspecified atom stereocenters. The largest absolute Gasteiger partial charge is 0.488 e. The van der Waals surface area contributed by atoms with Gasteiger partial charge in [-0.15, -0.1) is 0 Å². The number of ketones is 1. The molecule has 0 saturated carbocycles. The Morgan fingerprint density at radius 2 is 2.11 bits per heavy atom. The predicted octanol–water partition coefficient (Wildman–Crippen LogP) is 3.45. The number of hydrogen-bond donors (Lipinski definition) is 0. The number of carbonyl (C=O) groups is 1. The Labute approximate surface area is 215 Å². The molecule has 9 nitrogen and oxygen atoms in total. The zero-order valence-corrected chi connectivity index (χ0v) is 21.8. The molecule has 2 saturated heterocycles. The van der Waals surface area contributed by atoms with Crippen LogP contribution in [0.3, 0.4) is 0 Å². The van der Waals surface area contributed by atoms with Gasteiger partial charge in [-0.05, 0) is 42.7 Å². The number of fused-ring (bicyclic) bond motifs is 1. The number of hydrogen-bond acceptors (Lipinski definition) is 7. The maximum Gasteiger partial charge on any atom is 0.221 e. The summed E-state index contributed by atoms with van der Waals surface area (Å²) in [5.41, 5.74) is 2.47. The molecule has 4 heterocycles. The second-order valence-corrected chi connectivity index (χ2v) is 11.6. The number of anilines is 1. The Hall–Kier alpha value is -3.02. The Bertz CT molecular complexity index is 1400. The first-order valence-electron chi connectivity index (χ1n) is 12.5. The molecule has 2 aliphatic heterocycles. The quantitative estimate of drug-likeness (QED) is 0.391. The molecule has 0 N–H and O–H groups in total. The number of pyridine rings is 1. The Morgan fingerprint density at radius 1 is 1.27 bits per heavy atom. The molecule has 0 bridgehead atoms. The monoisotopic (exact) mass is 530 g/mol. The molecular weight excluding hydrogens is 499 g/mol. The third-order valence-corrected chi connectivity index (χ3v) is 8.93. The van der Waals surface area contributed by atoms with E-state index in [1.807, 2.05) is 18.2 Å². The molecule has 0 spiro atoms. The van der Waals surface area contributed by atoms with Gasteiger partial charge in [-0.25, -0.2) is 21.6 Å². The molecule has 0 amide bonds. The Balaban J connectivity index is 1.42. The molecule has 2 fully saturated rings.